The molecule has 1 amide bonds. The highest BCUT2D eigenvalue weighted by molar-refractivity contribution is 9.10. The number of hydrogen-bond donors (Lipinski definition) is 0. The van der Waals surface area contributed by atoms with Crippen molar-refractivity contribution in [2.24, 2.45) is 0 Å². The van der Waals surface area contributed by atoms with Gasteiger partial charge < -0.3 is 19.1 Å². The Balaban J connectivity index is 1.85. The number of morpholine rings is 1. The predicted molar refractivity (Wildman–Crippen MR) is 114 cm³/mol. The van der Waals surface area contributed by atoms with Crippen LogP contribution in [0.25, 0.3) is 0 Å². The lowest BCUT2D eigenvalue weighted by atomic mass is 10.1. The minimum atomic E-state index is -0.640. The molecule has 4 rings (SSSR count). The number of aromatic nitrogens is 1. The van der Waals surface area contributed by atoms with Crippen LogP contribution >= 0.6 is 15.9 Å². The zero-order valence-electron chi connectivity index (χ0n) is 16.8. The number of rotatable bonds is 1. The molecule has 1 saturated heterocycles. The van der Waals surface area contributed by atoms with Crippen LogP contribution in [-0.4, -0.2) is 43.0 Å². The smallest absolute Gasteiger partial charge is 0.420 e. The molecule has 1 aromatic heterocycles. The number of carbonyl (C=O) groups excluding carboxylic acids is 1. The molecule has 0 saturated carbocycles. The lowest BCUT2D eigenvalue weighted by Gasteiger charge is -2.32. The molecule has 0 bridgehead atoms. The molecule has 154 valence electrons. The highest BCUT2D eigenvalue weighted by atomic mass is 79.9. The third kappa shape index (κ3) is 4.18. The summed E-state index contributed by atoms with van der Waals surface area (Å²) in [6.07, 6.45) is 1.24. The Labute approximate surface area is 178 Å². The van der Waals surface area contributed by atoms with Crippen LogP contribution in [0.4, 0.5) is 22.0 Å². The summed E-state index contributed by atoms with van der Waals surface area (Å²) < 4.78 is 18.1. The molecule has 1 aromatic carbocycles. The van der Waals surface area contributed by atoms with Crippen LogP contribution in [-0.2, 0) is 16.1 Å². The maximum absolute atomic E-state index is 13.3. The average Bonchev–Trinajstić information content (AvgIpc) is 2.83. The summed E-state index contributed by atoms with van der Waals surface area (Å²) in [6, 6.07) is 7.54. The van der Waals surface area contributed by atoms with Gasteiger partial charge in [0.25, 0.3) is 0 Å². The van der Waals surface area contributed by atoms with Gasteiger partial charge in [-0.25, -0.2) is 14.7 Å². The molecule has 0 aliphatic carbocycles. The van der Waals surface area contributed by atoms with Crippen molar-refractivity contribution in [3.05, 3.63) is 40.5 Å². The normalized spacial score (nSPS) is 16.4. The Kier molecular flexibility index (Phi) is 5.40. The predicted octanol–water partition coefficient (Wildman–Crippen LogP) is 4.65. The van der Waals surface area contributed by atoms with Crippen molar-refractivity contribution in [2.45, 2.75) is 33.0 Å². The van der Waals surface area contributed by atoms with Gasteiger partial charge in [-0.2, -0.15) is 0 Å². The minimum Gasteiger partial charge on any atom is -0.486 e. The fourth-order valence-electron chi connectivity index (χ4n) is 3.45. The second-order valence-electron chi connectivity index (χ2n) is 7.95. The van der Waals surface area contributed by atoms with Gasteiger partial charge in [0.15, 0.2) is 5.82 Å². The number of ether oxygens (including phenoxy) is 3. The molecule has 3 heterocycles. The third-order valence-corrected chi connectivity index (χ3v) is 5.18. The number of nitrogens with zero attached hydrogens (tertiary/aromatic N) is 3. The van der Waals surface area contributed by atoms with E-state index in [2.05, 4.69) is 25.8 Å². The molecular formula is C21H24BrN3O4. The van der Waals surface area contributed by atoms with Crippen molar-refractivity contribution in [3.8, 4) is 5.75 Å². The van der Waals surface area contributed by atoms with Gasteiger partial charge in [0.2, 0.25) is 0 Å². The lowest BCUT2D eigenvalue weighted by molar-refractivity contribution is 0.0598. The largest absolute Gasteiger partial charge is 0.486 e. The Hall–Kier alpha value is -2.32. The van der Waals surface area contributed by atoms with Gasteiger partial charge in [-0.1, -0.05) is 15.9 Å². The van der Waals surface area contributed by atoms with Crippen LogP contribution < -0.4 is 14.5 Å². The first-order valence-corrected chi connectivity index (χ1v) is 10.4. The van der Waals surface area contributed by atoms with E-state index in [9.17, 15) is 4.79 Å². The van der Waals surface area contributed by atoms with Crippen molar-refractivity contribution >= 4 is 39.2 Å². The summed E-state index contributed by atoms with van der Waals surface area (Å²) >= 11 is 3.49. The van der Waals surface area contributed by atoms with E-state index in [1.165, 1.54) is 4.90 Å². The Morgan fingerprint density at radius 2 is 1.93 bits per heavy atom. The van der Waals surface area contributed by atoms with Crippen molar-refractivity contribution < 1.29 is 19.0 Å². The Morgan fingerprint density at radius 3 is 2.66 bits per heavy atom. The number of anilines is 3. The molecule has 29 heavy (non-hydrogen) atoms. The molecule has 8 heteroatoms. The van der Waals surface area contributed by atoms with Crippen LogP contribution in [0.3, 0.4) is 0 Å². The van der Waals surface area contributed by atoms with E-state index >= 15 is 0 Å². The Morgan fingerprint density at radius 1 is 1.17 bits per heavy atom. The molecule has 0 radical (unpaired) electrons. The number of hydrogen-bond acceptors (Lipinski definition) is 6. The first kappa shape index (κ1) is 20.0. The van der Waals surface area contributed by atoms with Crippen LogP contribution in [0.15, 0.2) is 34.9 Å². The summed E-state index contributed by atoms with van der Waals surface area (Å²) in [4.78, 5) is 21.6. The van der Waals surface area contributed by atoms with E-state index in [0.29, 0.717) is 37.1 Å². The van der Waals surface area contributed by atoms with Crippen molar-refractivity contribution in [3.63, 3.8) is 0 Å². The monoisotopic (exact) mass is 461 g/mol. The quantitative estimate of drug-likeness (QED) is 0.615. The summed E-state index contributed by atoms with van der Waals surface area (Å²) in [6.45, 7) is 8.74. The number of benzene rings is 1. The topological polar surface area (TPSA) is 64.1 Å². The number of halogens is 1. The molecule has 1 fully saturated rings. The second kappa shape index (κ2) is 7.84. The van der Waals surface area contributed by atoms with Crippen LogP contribution in [0.2, 0.25) is 0 Å². The van der Waals surface area contributed by atoms with Gasteiger partial charge in [0.1, 0.15) is 18.0 Å². The minimum absolute atomic E-state index is 0.309. The van der Waals surface area contributed by atoms with E-state index in [4.69, 9.17) is 14.2 Å². The van der Waals surface area contributed by atoms with Gasteiger partial charge in [0, 0.05) is 29.4 Å². The van der Waals surface area contributed by atoms with Crippen molar-refractivity contribution in [1.82, 2.24) is 4.98 Å². The highest BCUT2D eigenvalue weighted by Gasteiger charge is 2.34. The van der Waals surface area contributed by atoms with E-state index < -0.39 is 11.7 Å². The SMILES string of the molecule is CC(C)(C)OC(=O)N1c2cc(Br)ccc2OCc2c(N3CCOCC3)ccnc21. The van der Waals surface area contributed by atoms with Gasteiger partial charge in [-0.15, -0.1) is 0 Å². The molecule has 0 N–H and O–H groups in total. The summed E-state index contributed by atoms with van der Waals surface area (Å²) in [5, 5.41) is 0. The van der Waals surface area contributed by atoms with Gasteiger partial charge in [-0.3, -0.25) is 0 Å². The maximum Gasteiger partial charge on any atom is 0.420 e. The highest BCUT2D eigenvalue weighted by Crippen LogP contribution is 2.43. The van der Waals surface area contributed by atoms with Gasteiger partial charge in [-0.05, 0) is 45.0 Å². The first-order valence-electron chi connectivity index (χ1n) is 9.59. The van der Waals surface area contributed by atoms with Crippen molar-refractivity contribution in [2.75, 3.05) is 36.1 Å². The van der Waals surface area contributed by atoms with Crippen LogP contribution in [0, 0.1) is 0 Å². The zero-order chi connectivity index (χ0) is 20.6. The number of carbonyl (C=O) groups is 1. The number of amides is 1. The number of fused-ring (bicyclic) bond motifs is 2. The molecule has 7 nitrogen and oxygen atoms in total. The van der Waals surface area contributed by atoms with E-state index in [1.807, 2.05) is 45.0 Å². The second-order valence-corrected chi connectivity index (χ2v) is 8.86. The van der Waals surface area contributed by atoms with E-state index in [0.717, 1.165) is 28.8 Å². The molecule has 2 aliphatic heterocycles. The standard InChI is InChI=1S/C21H24BrN3O4/c1-21(2,3)29-20(26)25-17-12-14(22)4-5-18(17)28-13-15-16(6-7-23-19(15)25)24-8-10-27-11-9-24/h4-7,12H,8-11,13H2,1-3H3. The lowest BCUT2D eigenvalue weighted by Crippen LogP contribution is -2.38. The molecule has 0 spiro atoms. The third-order valence-electron chi connectivity index (χ3n) is 4.68. The summed E-state index contributed by atoms with van der Waals surface area (Å²) in [5.41, 5.74) is 1.81. The molecule has 2 aromatic rings. The van der Waals surface area contributed by atoms with E-state index in [-0.39, 0.29) is 0 Å². The summed E-state index contributed by atoms with van der Waals surface area (Å²) in [7, 11) is 0. The molecular weight excluding hydrogens is 438 g/mol. The fraction of sp³-hybridized carbons (Fsp3) is 0.429. The average molecular weight is 462 g/mol. The van der Waals surface area contributed by atoms with Crippen LogP contribution in [0.5, 0.6) is 5.75 Å². The van der Waals surface area contributed by atoms with E-state index in [1.54, 1.807) is 6.20 Å². The van der Waals surface area contributed by atoms with Crippen LogP contribution in [0.1, 0.15) is 26.3 Å². The molecule has 2 aliphatic rings. The van der Waals surface area contributed by atoms with Crippen molar-refractivity contribution in [1.29, 1.82) is 0 Å². The maximum atomic E-state index is 13.3. The molecule has 0 atom stereocenters. The summed E-state index contributed by atoms with van der Waals surface area (Å²) in [5.74, 6) is 1.13. The van der Waals surface area contributed by atoms with Gasteiger partial charge in [0.05, 0.1) is 24.5 Å². The van der Waals surface area contributed by atoms with Gasteiger partial charge >= 0.3 is 6.09 Å². The zero-order valence-corrected chi connectivity index (χ0v) is 18.4. The Bertz CT molecular complexity index is 923. The number of pyridine rings is 1. The molecule has 0 unspecified atom stereocenters. The first-order chi connectivity index (χ1) is 13.8. The fourth-order valence-corrected chi connectivity index (χ4v) is 3.80.